The second-order valence-electron chi connectivity index (χ2n) is 6.80. The SMILES string of the molecule is COc1ccc(C(C)(C)CNC(=O)Nc2cccc3cccnc23)cc1. The maximum atomic E-state index is 12.4. The Kier molecular flexibility index (Phi) is 5.07. The quantitative estimate of drug-likeness (QED) is 0.720. The summed E-state index contributed by atoms with van der Waals surface area (Å²) < 4.78 is 5.20. The first-order valence-corrected chi connectivity index (χ1v) is 8.53. The number of fused-ring (bicyclic) bond motifs is 1. The zero-order valence-electron chi connectivity index (χ0n) is 15.2. The molecule has 0 atom stereocenters. The van der Waals surface area contributed by atoms with Gasteiger partial charge < -0.3 is 15.4 Å². The van der Waals surface area contributed by atoms with Crippen LogP contribution in [-0.2, 0) is 5.41 Å². The van der Waals surface area contributed by atoms with Crippen LogP contribution < -0.4 is 15.4 Å². The van der Waals surface area contributed by atoms with E-state index in [0.29, 0.717) is 12.2 Å². The summed E-state index contributed by atoms with van der Waals surface area (Å²) in [6.07, 6.45) is 1.72. The van der Waals surface area contributed by atoms with Gasteiger partial charge in [-0.05, 0) is 29.8 Å². The molecule has 3 rings (SSSR count). The van der Waals surface area contributed by atoms with Crippen LogP contribution in [0.15, 0.2) is 60.8 Å². The molecule has 5 nitrogen and oxygen atoms in total. The molecule has 3 aromatic rings. The Morgan fingerprint density at radius 2 is 1.81 bits per heavy atom. The van der Waals surface area contributed by atoms with E-state index in [2.05, 4.69) is 29.5 Å². The van der Waals surface area contributed by atoms with Crippen LogP contribution in [0.4, 0.5) is 10.5 Å². The summed E-state index contributed by atoms with van der Waals surface area (Å²) in [4.78, 5) is 16.7. The molecule has 0 saturated carbocycles. The first kappa shape index (κ1) is 17.7. The van der Waals surface area contributed by atoms with Crippen molar-refractivity contribution in [3.63, 3.8) is 0 Å². The van der Waals surface area contributed by atoms with Crippen molar-refractivity contribution in [2.75, 3.05) is 19.0 Å². The molecule has 0 fully saturated rings. The molecule has 134 valence electrons. The van der Waals surface area contributed by atoms with Crippen LogP contribution in [-0.4, -0.2) is 24.7 Å². The monoisotopic (exact) mass is 349 g/mol. The van der Waals surface area contributed by atoms with Crippen molar-refractivity contribution in [3.05, 3.63) is 66.4 Å². The van der Waals surface area contributed by atoms with Crippen LogP contribution in [0, 0.1) is 0 Å². The van der Waals surface area contributed by atoms with Gasteiger partial charge in [-0.3, -0.25) is 4.98 Å². The molecule has 2 amide bonds. The summed E-state index contributed by atoms with van der Waals surface area (Å²) in [7, 11) is 1.65. The predicted molar refractivity (Wildman–Crippen MR) is 105 cm³/mol. The van der Waals surface area contributed by atoms with E-state index >= 15 is 0 Å². The molecule has 26 heavy (non-hydrogen) atoms. The molecule has 0 aliphatic carbocycles. The van der Waals surface area contributed by atoms with E-state index in [-0.39, 0.29) is 11.4 Å². The smallest absolute Gasteiger partial charge is 0.319 e. The van der Waals surface area contributed by atoms with Gasteiger partial charge in [-0.1, -0.05) is 44.2 Å². The van der Waals surface area contributed by atoms with Crippen LogP contribution in [0.1, 0.15) is 19.4 Å². The number of carbonyl (C=O) groups excluding carboxylic acids is 1. The average Bonchev–Trinajstić information content (AvgIpc) is 2.67. The van der Waals surface area contributed by atoms with Gasteiger partial charge in [-0.2, -0.15) is 0 Å². The lowest BCUT2D eigenvalue weighted by molar-refractivity contribution is 0.249. The first-order chi connectivity index (χ1) is 12.5. The number of hydrogen-bond acceptors (Lipinski definition) is 3. The summed E-state index contributed by atoms with van der Waals surface area (Å²) in [6, 6.07) is 17.2. The second-order valence-corrected chi connectivity index (χ2v) is 6.80. The van der Waals surface area contributed by atoms with E-state index in [0.717, 1.165) is 22.2 Å². The van der Waals surface area contributed by atoms with Gasteiger partial charge in [0.25, 0.3) is 0 Å². The number of benzene rings is 2. The summed E-state index contributed by atoms with van der Waals surface area (Å²) in [6.45, 7) is 4.69. The lowest BCUT2D eigenvalue weighted by Gasteiger charge is -2.26. The van der Waals surface area contributed by atoms with E-state index in [1.807, 2.05) is 54.6 Å². The largest absolute Gasteiger partial charge is 0.497 e. The van der Waals surface area contributed by atoms with Crippen molar-refractivity contribution in [3.8, 4) is 5.75 Å². The van der Waals surface area contributed by atoms with Gasteiger partial charge in [-0.15, -0.1) is 0 Å². The number of anilines is 1. The third-order valence-corrected chi connectivity index (χ3v) is 4.44. The van der Waals surface area contributed by atoms with E-state index < -0.39 is 0 Å². The molecule has 0 aliphatic heterocycles. The second kappa shape index (κ2) is 7.44. The highest BCUT2D eigenvalue weighted by Gasteiger charge is 2.21. The summed E-state index contributed by atoms with van der Waals surface area (Å²) in [5.41, 5.74) is 2.40. The molecule has 0 bridgehead atoms. The minimum Gasteiger partial charge on any atom is -0.497 e. The Labute approximate surface area is 153 Å². The first-order valence-electron chi connectivity index (χ1n) is 8.53. The summed E-state index contributed by atoms with van der Waals surface area (Å²) in [5.74, 6) is 0.818. The number of ether oxygens (including phenoxy) is 1. The molecule has 2 N–H and O–H groups in total. The van der Waals surface area contributed by atoms with Crippen molar-refractivity contribution in [2.45, 2.75) is 19.3 Å². The number of rotatable bonds is 5. The number of urea groups is 1. The number of hydrogen-bond donors (Lipinski definition) is 2. The highest BCUT2D eigenvalue weighted by Crippen LogP contribution is 2.25. The maximum Gasteiger partial charge on any atom is 0.319 e. The van der Waals surface area contributed by atoms with E-state index in [4.69, 9.17) is 4.74 Å². The van der Waals surface area contributed by atoms with Crippen LogP contribution in [0.2, 0.25) is 0 Å². The Morgan fingerprint density at radius 3 is 2.54 bits per heavy atom. The third kappa shape index (κ3) is 3.94. The predicted octanol–water partition coefficient (Wildman–Crippen LogP) is 4.34. The highest BCUT2D eigenvalue weighted by atomic mass is 16.5. The fourth-order valence-electron chi connectivity index (χ4n) is 2.82. The van der Waals surface area contributed by atoms with Gasteiger partial charge in [0.2, 0.25) is 0 Å². The lowest BCUT2D eigenvalue weighted by Crippen LogP contribution is -2.39. The van der Waals surface area contributed by atoms with Crippen molar-refractivity contribution in [1.29, 1.82) is 0 Å². The molecule has 0 aliphatic rings. The number of nitrogens with zero attached hydrogens (tertiary/aromatic N) is 1. The standard InChI is InChI=1S/C21H23N3O2/c1-21(2,16-9-11-17(26-3)12-10-16)14-23-20(25)24-18-8-4-6-15-7-5-13-22-19(15)18/h4-13H,14H2,1-3H3,(H2,23,24,25). The molecule has 0 spiro atoms. The minimum atomic E-state index is -0.246. The van der Waals surface area contributed by atoms with E-state index in [1.54, 1.807) is 13.3 Å². The number of aromatic nitrogens is 1. The number of para-hydroxylation sites is 1. The molecule has 5 heteroatoms. The summed E-state index contributed by atoms with van der Waals surface area (Å²) in [5, 5.41) is 6.84. The van der Waals surface area contributed by atoms with Crippen LogP contribution in [0.3, 0.4) is 0 Å². The zero-order valence-corrected chi connectivity index (χ0v) is 15.2. The van der Waals surface area contributed by atoms with Gasteiger partial charge in [0.15, 0.2) is 0 Å². The van der Waals surface area contributed by atoms with Crippen LogP contribution in [0.25, 0.3) is 10.9 Å². The Bertz CT molecular complexity index is 899. The molecule has 0 unspecified atom stereocenters. The van der Waals surface area contributed by atoms with E-state index in [9.17, 15) is 4.79 Å². The molecule has 2 aromatic carbocycles. The van der Waals surface area contributed by atoms with E-state index in [1.165, 1.54) is 0 Å². The Hall–Kier alpha value is -3.08. The van der Waals surface area contributed by atoms with Gasteiger partial charge >= 0.3 is 6.03 Å². The maximum absolute atomic E-state index is 12.4. The van der Waals surface area contributed by atoms with Crippen LogP contribution >= 0.6 is 0 Å². The number of carbonyl (C=O) groups is 1. The van der Waals surface area contributed by atoms with Crippen molar-refractivity contribution >= 4 is 22.6 Å². The molecular weight excluding hydrogens is 326 g/mol. The molecule has 0 radical (unpaired) electrons. The number of amides is 2. The minimum absolute atomic E-state index is 0.208. The Morgan fingerprint density at radius 1 is 1.08 bits per heavy atom. The fraction of sp³-hybridized carbons (Fsp3) is 0.238. The van der Waals surface area contributed by atoms with Gasteiger partial charge in [0, 0.05) is 23.5 Å². The van der Waals surface area contributed by atoms with Crippen molar-refractivity contribution in [1.82, 2.24) is 10.3 Å². The zero-order chi connectivity index (χ0) is 18.6. The molecule has 1 aromatic heterocycles. The normalized spacial score (nSPS) is 11.2. The number of nitrogens with one attached hydrogen (secondary N) is 2. The van der Waals surface area contributed by atoms with Crippen molar-refractivity contribution < 1.29 is 9.53 Å². The molecule has 1 heterocycles. The molecular formula is C21H23N3O2. The van der Waals surface area contributed by atoms with Gasteiger partial charge in [0.05, 0.1) is 18.3 Å². The Balaban J connectivity index is 1.65. The van der Waals surface area contributed by atoms with Crippen molar-refractivity contribution in [2.24, 2.45) is 0 Å². The van der Waals surface area contributed by atoms with Crippen LogP contribution in [0.5, 0.6) is 5.75 Å². The topological polar surface area (TPSA) is 63.2 Å². The number of pyridine rings is 1. The molecule has 0 saturated heterocycles. The fourth-order valence-corrected chi connectivity index (χ4v) is 2.82. The highest BCUT2D eigenvalue weighted by molar-refractivity contribution is 5.99. The summed E-state index contributed by atoms with van der Waals surface area (Å²) >= 11 is 0. The van der Waals surface area contributed by atoms with Gasteiger partial charge in [0.1, 0.15) is 5.75 Å². The lowest BCUT2D eigenvalue weighted by atomic mass is 9.84. The average molecular weight is 349 g/mol. The third-order valence-electron chi connectivity index (χ3n) is 4.44. The number of methoxy groups -OCH3 is 1. The van der Waals surface area contributed by atoms with Gasteiger partial charge in [-0.25, -0.2) is 4.79 Å².